The number of aliphatic hydroxyl groups excluding tert-OH is 1. The predicted molar refractivity (Wildman–Crippen MR) is 130 cm³/mol. The predicted octanol–water partition coefficient (Wildman–Crippen LogP) is 2.08. The minimum Gasteiger partial charge on any atom is -0.550 e. The van der Waals surface area contributed by atoms with Crippen LogP contribution in [0.1, 0.15) is 106 Å². The number of aliphatic carboxylic acids is 1. The van der Waals surface area contributed by atoms with E-state index in [0.717, 1.165) is 44.9 Å². The van der Waals surface area contributed by atoms with Crippen molar-refractivity contribution in [1.29, 1.82) is 0 Å². The Balaban J connectivity index is 0.00000289. The fourth-order valence-corrected chi connectivity index (χ4v) is 10.4. The van der Waals surface area contributed by atoms with Crippen molar-refractivity contribution in [3.63, 3.8) is 0 Å². The normalized spacial score (nSPS) is 52.6. The molecule has 4 nitrogen and oxygen atoms in total. The fourth-order valence-electron chi connectivity index (χ4n) is 10.4. The van der Waals surface area contributed by atoms with Crippen LogP contribution in [0.15, 0.2) is 11.6 Å². The number of carbonyl (C=O) groups excluding carboxylic acids is 2. The SMILES string of the molecule is CC1(C)[C@@H](O)CC[C@]2(C)[C@H]3C(=O)C=C4[C@@H]5C[C@@](C)(C(=O)[O-])CC[C@]5(C)CC[C@]4(C)[C@]3(C)CC[C@@H]12.[K+]. The first-order chi connectivity index (χ1) is 15.6. The molecule has 5 aliphatic carbocycles. The third-order valence-electron chi connectivity index (χ3n) is 13.0. The molecule has 9 atom stereocenters. The molecular formula is C30H45KO4. The number of fused-ring (bicyclic) bond motifs is 7. The van der Waals surface area contributed by atoms with Gasteiger partial charge in [0.25, 0.3) is 0 Å². The van der Waals surface area contributed by atoms with Crippen LogP contribution in [0.5, 0.6) is 0 Å². The van der Waals surface area contributed by atoms with E-state index < -0.39 is 11.4 Å². The van der Waals surface area contributed by atoms with Gasteiger partial charge in [0, 0.05) is 17.3 Å². The van der Waals surface area contributed by atoms with E-state index in [1.54, 1.807) is 0 Å². The van der Waals surface area contributed by atoms with Gasteiger partial charge >= 0.3 is 51.4 Å². The van der Waals surface area contributed by atoms with Crippen molar-refractivity contribution in [3.05, 3.63) is 11.6 Å². The maximum atomic E-state index is 14.2. The van der Waals surface area contributed by atoms with E-state index in [9.17, 15) is 19.8 Å². The molecule has 0 aromatic carbocycles. The van der Waals surface area contributed by atoms with Gasteiger partial charge in [-0.25, -0.2) is 0 Å². The van der Waals surface area contributed by atoms with Gasteiger partial charge in [-0.1, -0.05) is 54.0 Å². The Hall–Kier alpha value is 0.476. The maximum absolute atomic E-state index is 14.2. The van der Waals surface area contributed by atoms with Crippen molar-refractivity contribution in [2.45, 2.75) is 112 Å². The van der Waals surface area contributed by atoms with E-state index in [-0.39, 0.29) is 102 Å². The summed E-state index contributed by atoms with van der Waals surface area (Å²) in [6.45, 7) is 15.7. The van der Waals surface area contributed by atoms with Crippen molar-refractivity contribution in [3.8, 4) is 0 Å². The number of aliphatic hydroxyl groups is 1. The number of rotatable bonds is 1. The summed E-state index contributed by atoms with van der Waals surface area (Å²) in [7, 11) is 0. The Kier molecular flexibility index (Phi) is 6.91. The van der Waals surface area contributed by atoms with Gasteiger partial charge in [0.1, 0.15) is 0 Å². The number of hydrogen-bond acceptors (Lipinski definition) is 4. The van der Waals surface area contributed by atoms with Gasteiger partial charge in [-0.2, -0.15) is 0 Å². The van der Waals surface area contributed by atoms with Gasteiger partial charge in [0.05, 0.1) is 6.10 Å². The first kappa shape index (κ1) is 28.5. The number of carboxylic acids is 1. The standard InChI is InChI=1S/C30H46O4.K/c1-25(2)21-8-11-30(7)23(28(21,5)10-9-22(25)32)20(31)16-18-19-17-27(4,24(33)34)13-12-26(19,3)14-15-29(18,30)6;/h16,19,21-23,32H,8-15,17H2,1-7H3,(H,33,34);/q;+1/p-1/t19-,21-,22-,23+,26+,27-,28-,29-,30+;/m0./s1. The Morgan fingerprint density at radius 3 is 2.20 bits per heavy atom. The molecule has 0 saturated heterocycles. The second kappa shape index (κ2) is 8.49. The molecule has 5 aliphatic rings. The van der Waals surface area contributed by atoms with Crippen LogP contribution in [0.25, 0.3) is 0 Å². The van der Waals surface area contributed by atoms with Crippen molar-refractivity contribution in [1.82, 2.24) is 0 Å². The zero-order valence-corrected chi connectivity index (χ0v) is 26.5. The Bertz CT molecular complexity index is 971. The van der Waals surface area contributed by atoms with Gasteiger partial charge in [-0.05, 0) is 103 Å². The Morgan fingerprint density at radius 2 is 1.57 bits per heavy atom. The molecular weight excluding hydrogens is 463 g/mol. The zero-order valence-electron chi connectivity index (χ0n) is 23.4. The van der Waals surface area contributed by atoms with E-state index in [2.05, 4.69) is 41.5 Å². The third-order valence-corrected chi connectivity index (χ3v) is 13.0. The molecule has 0 aromatic heterocycles. The van der Waals surface area contributed by atoms with Crippen molar-refractivity contribution < 1.29 is 71.2 Å². The topological polar surface area (TPSA) is 77.4 Å². The summed E-state index contributed by atoms with van der Waals surface area (Å²) in [5, 5.41) is 23.0. The quantitative estimate of drug-likeness (QED) is 0.550. The molecule has 0 aromatic rings. The van der Waals surface area contributed by atoms with Crippen LogP contribution >= 0.6 is 0 Å². The molecule has 0 bridgehead atoms. The molecule has 4 saturated carbocycles. The monoisotopic (exact) mass is 508 g/mol. The largest absolute Gasteiger partial charge is 1.00 e. The van der Waals surface area contributed by atoms with Crippen LogP contribution < -0.4 is 56.5 Å². The molecule has 35 heavy (non-hydrogen) atoms. The molecule has 0 heterocycles. The molecule has 5 heteroatoms. The first-order valence-corrected chi connectivity index (χ1v) is 13.7. The van der Waals surface area contributed by atoms with Gasteiger partial charge in [-0.3, -0.25) is 4.79 Å². The summed E-state index contributed by atoms with van der Waals surface area (Å²) >= 11 is 0. The van der Waals surface area contributed by atoms with Crippen LogP contribution in [-0.2, 0) is 9.59 Å². The molecule has 1 N–H and O–H groups in total. The van der Waals surface area contributed by atoms with Gasteiger partial charge in [0.15, 0.2) is 5.78 Å². The summed E-state index contributed by atoms with van der Waals surface area (Å²) in [4.78, 5) is 26.3. The van der Waals surface area contributed by atoms with E-state index >= 15 is 0 Å². The maximum Gasteiger partial charge on any atom is 1.00 e. The molecule has 0 amide bonds. The van der Waals surface area contributed by atoms with Crippen molar-refractivity contribution >= 4 is 11.8 Å². The summed E-state index contributed by atoms with van der Waals surface area (Å²) < 4.78 is 0. The first-order valence-electron chi connectivity index (χ1n) is 13.7. The molecule has 0 radical (unpaired) electrons. The Labute approximate surface area is 254 Å². The summed E-state index contributed by atoms with van der Waals surface area (Å²) in [6.07, 6.45) is 9.69. The van der Waals surface area contributed by atoms with Gasteiger partial charge in [0.2, 0.25) is 0 Å². The molecule has 0 spiro atoms. The second-order valence-corrected chi connectivity index (χ2v) is 14.9. The average Bonchev–Trinajstić information content (AvgIpc) is 2.73. The zero-order chi connectivity index (χ0) is 25.1. The van der Waals surface area contributed by atoms with Gasteiger partial charge < -0.3 is 15.0 Å². The average molecular weight is 509 g/mol. The summed E-state index contributed by atoms with van der Waals surface area (Å²) in [5.74, 6) is -0.266. The third kappa shape index (κ3) is 3.60. The molecule has 0 aliphatic heterocycles. The number of hydrogen-bond donors (Lipinski definition) is 1. The van der Waals surface area contributed by atoms with Crippen LogP contribution in [0.4, 0.5) is 0 Å². The number of carboxylic acid groups (broad SMARTS) is 1. The van der Waals surface area contributed by atoms with Crippen molar-refractivity contribution in [2.75, 3.05) is 0 Å². The van der Waals surface area contributed by atoms with E-state index in [0.29, 0.717) is 18.8 Å². The van der Waals surface area contributed by atoms with E-state index in [1.807, 2.05) is 13.0 Å². The minimum absolute atomic E-state index is 0. The number of allylic oxidation sites excluding steroid dienone is 2. The second-order valence-electron chi connectivity index (χ2n) is 14.9. The summed E-state index contributed by atoms with van der Waals surface area (Å²) in [5.41, 5.74) is -0.0781. The summed E-state index contributed by atoms with van der Waals surface area (Å²) in [6, 6.07) is 0. The van der Waals surface area contributed by atoms with E-state index in [1.165, 1.54) is 5.57 Å². The van der Waals surface area contributed by atoms with Crippen LogP contribution in [0, 0.1) is 50.2 Å². The number of ketones is 1. The van der Waals surface area contributed by atoms with Crippen molar-refractivity contribution in [2.24, 2.45) is 50.2 Å². The molecule has 190 valence electrons. The number of carbonyl (C=O) groups is 2. The van der Waals surface area contributed by atoms with Gasteiger partial charge in [-0.15, -0.1) is 0 Å². The molecule has 0 unspecified atom stereocenters. The Morgan fingerprint density at radius 1 is 0.943 bits per heavy atom. The minimum atomic E-state index is -0.940. The van der Waals surface area contributed by atoms with Crippen LogP contribution in [-0.4, -0.2) is 23.0 Å². The van der Waals surface area contributed by atoms with E-state index in [4.69, 9.17) is 0 Å². The molecule has 4 fully saturated rings. The fraction of sp³-hybridized carbons (Fsp3) is 0.867. The van der Waals surface area contributed by atoms with Crippen LogP contribution in [0.3, 0.4) is 0 Å². The van der Waals surface area contributed by atoms with Crippen LogP contribution in [0.2, 0.25) is 0 Å². The smallest absolute Gasteiger partial charge is 0.550 e. The molecule has 5 rings (SSSR count).